The summed E-state index contributed by atoms with van der Waals surface area (Å²) in [5.74, 6) is 1.91. The zero-order valence-corrected chi connectivity index (χ0v) is 3.40. The van der Waals surface area contributed by atoms with Crippen molar-refractivity contribution in [1.29, 1.82) is 0 Å². The summed E-state index contributed by atoms with van der Waals surface area (Å²) in [5.41, 5.74) is 0. The SMILES string of the molecule is b1ccsn1. The molecule has 0 aliphatic rings. The fraction of sp³-hybridized carbons (Fsp3) is 0. The van der Waals surface area contributed by atoms with Crippen molar-refractivity contribution in [2.45, 2.75) is 0 Å². The average Bonchev–Trinajstić information content (AvgIpc) is 1.76. The van der Waals surface area contributed by atoms with Gasteiger partial charge in [0.05, 0.1) is 0 Å². The van der Waals surface area contributed by atoms with Crippen LogP contribution >= 0.6 is 11.5 Å². The number of aromatic nitrogens is 1. The van der Waals surface area contributed by atoms with Gasteiger partial charge in [-0.1, -0.05) is 0 Å². The Balaban J connectivity index is 3.13. The first kappa shape index (κ1) is 3.03. The third-order valence-electron chi connectivity index (χ3n) is 0.347. The Morgan fingerprint density at radius 2 is 2.80 bits per heavy atom. The van der Waals surface area contributed by atoms with Crippen LogP contribution in [0.4, 0.5) is 0 Å². The van der Waals surface area contributed by atoms with E-state index in [1.807, 2.05) is 11.3 Å². The van der Waals surface area contributed by atoms with Crippen LogP contribution < -0.4 is 0 Å². The van der Waals surface area contributed by atoms with Gasteiger partial charge in [-0.2, -0.15) is 0 Å². The molecule has 1 aromatic heterocycles. The van der Waals surface area contributed by atoms with Gasteiger partial charge in [0.15, 0.2) is 0 Å². The van der Waals surface area contributed by atoms with Crippen molar-refractivity contribution in [3.63, 3.8) is 0 Å². The topological polar surface area (TPSA) is 12.9 Å². The molecule has 0 unspecified atom stereocenters. The van der Waals surface area contributed by atoms with Gasteiger partial charge in [-0.05, 0) is 0 Å². The van der Waals surface area contributed by atoms with E-state index in [9.17, 15) is 0 Å². The van der Waals surface area contributed by atoms with Crippen molar-refractivity contribution in [3.05, 3.63) is 11.3 Å². The number of rotatable bonds is 0. The Bertz CT molecular complexity index is 66.1. The van der Waals surface area contributed by atoms with Crippen molar-refractivity contribution in [3.8, 4) is 0 Å². The minimum atomic E-state index is 1.46. The third kappa shape index (κ3) is 0.547. The maximum absolute atomic E-state index is 3.76. The summed E-state index contributed by atoms with van der Waals surface area (Å²) in [5, 5.41) is 1.93. The summed E-state index contributed by atoms with van der Waals surface area (Å²) in [6.45, 7) is 0. The fourth-order valence-electron chi connectivity index (χ4n) is 0.176. The van der Waals surface area contributed by atoms with Crippen molar-refractivity contribution in [2.75, 3.05) is 0 Å². The van der Waals surface area contributed by atoms with E-state index in [1.54, 1.807) is 7.05 Å². The fourth-order valence-corrected chi connectivity index (χ4v) is 0.527. The van der Waals surface area contributed by atoms with E-state index in [4.69, 9.17) is 0 Å². The monoisotopic (exact) mass is 83.0 g/mol. The summed E-state index contributed by atoms with van der Waals surface area (Å²) < 4.78 is 3.76. The first-order valence-corrected chi connectivity index (χ1v) is 2.18. The molecule has 0 N–H and O–H groups in total. The van der Waals surface area contributed by atoms with Gasteiger partial charge in [-0.3, -0.25) is 0 Å². The van der Waals surface area contributed by atoms with Crippen LogP contribution in [0.1, 0.15) is 0 Å². The molecule has 5 heavy (non-hydrogen) atoms. The van der Waals surface area contributed by atoms with Gasteiger partial charge in [0.1, 0.15) is 0 Å². The molecule has 0 saturated heterocycles. The van der Waals surface area contributed by atoms with E-state index < -0.39 is 0 Å². The molecular formula is C2H2BNS. The Kier molecular flexibility index (Phi) is 0.795. The molecule has 0 radical (unpaired) electrons. The van der Waals surface area contributed by atoms with Gasteiger partial charge in [0.25, 0.3) is 0 Å². The van der Waals surface area contributed by atoms with Crippen LogP contribution in [0.2, 0.25) is 0 Å². The zero-order valence-electron chi connectivity index (χ0n) is 2.59. The standard InChI is InChI=1S/C2H2BNS/c1-2-5-4-3-1/h1-2H. The molecule has 0 aliphatic carbocycles. The van der Waals surface area contributed by atoms with E-state index in [0.29, 0.717) is 0 Å². The maximum atomic E-state index is 3.76. The van der Waals surface area contributed by atoms with Crippen LogP contribution in [0.3, 0.4) is 0 Å². The molecule has 1 nitrogen and oxygen atoms in total. The molecule has 3 heteroatoms. The summed E-state index contributed by atoms with van der Waals surface area (Å²) in [4.78, 5) is 0. The number of hydrogen-bond acceptors (Lipinski definition) is 2. The van der Waals surface area contributed by atoms with E-state index >= 15 is 0 Å². The molecule has 0 atom stereocenters. The minimum absolute atomic E-state index is 1.46. The van der Waals surface area contributed by atoms with E-state index in [0.717, 1.165) is 0 Å². The molecule has 0 aliphatic heterocycles. The van der Waals surface area contributed by atoms with Crippen LogP contribution in [-0.4, -0.2) is 11.3 Å². The molecule has 0 bridgehead atoms. The summed E-state index contributed by atoms with van der Waals surface area (Å²) >= 11 is 1.46. The van der Waals surface area contributed by atoms with Crippen LogP contribution in [0.25, 0.3) is 0 Å². The van der Waals surface area contributed by atoms with E-state index in [1.165, 1.54) is 11.5 Å². The van der Waals surface area contributed by atoms with Crippen LogP contribution in [-0.2, 0) is 0 Å². The third-order valence-corrected chi connectivity index (χ3v) is 0.869. The Hall–Kier alpha value is -0.175. The first-order chi connectivity index (χ1) is 2.50. The summed E-state index contributed by atoms with van der Waals surface area (Å²) in [6, 6.07) is 0. The molecule has 0 amide bonds. The summed E-state index contributed by atoms with van der Waals surface area (Å²) in [6.07, 6.45) is 0. The normalized spacial score (nSPS) is 7.20. The molecule has 0 fully saturated rings. The van der Waals surface area contributed by atoms with Crippen LogP contribution in [0.15, 0.2) is 11.3 Å². The van der Waals surface area contributed by atoms with Gasteiger partial charge < -0.3 is 0 Å². The van der Waals surface area contributed by atoms with E-state index in [-0.39, 0.29) is 0 Å². The Morgan fingerprint density at radius 1 is 1.80 bits per heavy atom. The van der Waals surface area contributed by atoms with Gasteiger partial charge in [0, 0.05) is 0 Å². The van der Waals surface area contributed by atoms with Crippen molar-refractivity contribution < 1.29 is 0 Å². The van der Waals surface area contributed by atoms with Crippen molar-refractivity contribution in [2.24, 2.45) is 0 Å². The van der Waals surface area contributed by atoms with Crippen LogP contribution in [0, 0.1) is 0 Å². The van der Waals surface area contributed by atoms with Gasteiger partial charge >= 0.3 is 34.2 Å². The molecular weight excluding hydrogens is 80.9 g/mol. The second-order valence-corrected chi connectivity index (χ2v) is 1.38. The second kappa shape index (κ2) is 1.31. The first-order valence-electron chi connectivity index (χ1n) is 1.34. The van der Waals surface area contributed by atoms with Gasteiger partial charge in [0.2, 0.25) is 0 Å². The van der Waals surface area contributed by atoms with Gasteiger partial charge in [-0.15, -0.1) is 0 Å². The molecule has 1 rings (SSSR count). The van der Waals surface area contributed by atoms with Crippen molar-refractivity contribution in [1.82, 2.24) is 4.28 Å². The quantitative estimate of drug-likeness (QED) is 0.444. The summed E-state index contributed by atoms with van der Waals surface area (Å²) in [7, 11) is 1.77. The molecule has 0 saturated carbocycles. The molecule has 0 aromatic carbocycles. The molecule has 24 valence electrons. The average molecular weight is 82.9 g/mol. The van der Waals surface area contributed by atoms with Crippen LogP contribution in [0.5, 0.6) is 0 Å². The van der Waals surface area contributed by atoms with Crippen molar-refractivity contribution >= 4 is 18.6 Å². The molecule has 1 aromatic rings. The second-order valence-electron chi connectivity index (χ2n) is 0.688. The van der Waals surface area contributed by atoms with Gasteiger partial charge in [-0.25, -0.2) is 0 Å². The molecule has 0 spiro atoms. The van der Waals surface area contributed by atoms with E-state index in [2.05, 4.69) is 4.28 Å². The number of hydrogen-bond donors (Lipinski definition) is 0. The Labute approximate surface area is 35.1 Å². The zero-order chi connectivity index (χ0) is 3.54. The number of nitrogens with zero attached hydrogens (tertiary/aromatic N) is 1. The molecule has 1 heterocycles. The Morgan fingerprint density at radius 3 is 3.00 bits per heavy atom. The predicted octanol–water partition coefficient (Wildman–Crippen LogP) is 0.481. The predicted molar refractivity (Wildman–Crippen MR) is 23.5 cm³/mol.